The van der Waals surface area contributed by atoms with Crippen molar-refractivity contribution in [3.8, 4) is 6.07 Å². The number of nitriles is 1. The molecule has 1 saturated heterocycles. The van der Waals surface area contributed by atoms with Gasteiger partial charge in [0.05, 0.1) is 16.2 Å². The van der Waals surface area contributed by atoms with Crippen LogP contribution in [-0.4, -0.2) is 37.6 Å². The second kappa shape index (κ2) is 7.16. The third-order valence-electron chi connectivity index (χ3n) is 5.33. The molecule has 2 aliphatic heterocycles. The number of nitrogens with zero attached hydrogens (tertiary/aromatic N) is 4. The highest BCUT2D eigenvalue weighted by molar-refractivity contribution is 5.78. The number of nitro groups is 1. The summed E-state index contributed by atoms with van der Waals surface area (Å²) >= 11 is 0. The van der Waals surface area contributed by atoms with Crippen molar-refractivity contribution in [2.24, 2.45) is 0 Å². The topological polar surface area (TPSA) is 85.4 Å². The minimum absolute atomic E-state index is 0.184. The predicted octanol–water partition coefficient (Wildman–Crippen LogP) is 3.15. The molecule has 1 fully saturated rings. The van der Waals surface area contributed by atoms with Crippen LogP contribution in [-0.2, 0) is 6.42 Å². The van der Waals surface area contributed by atoms with Gasteiger partial charge in [-0.2, -0.15) is 5.26 Å². The first-order chi connectivity index (χ1) is 13.2. The smallest absolute Gasteiger partial charge is 0.292 e. The van der Waals surface area contributed by atoms with Gasteiger partial charge in [0.1, 0.15) is 11.8 Å². The Morgan fingerprint density at radius 1 is 1.07 bits per heavy atom. The van der Waals surface area contributed by atoms with Gasteiger partial charge in [0.25, 0.3) is 5.69 Å². The number of anilines is 3. The van der Waals surface area contributed by atoms with Crippen LogP contribution in [0.2, 0.25) is 0 Å². The third kappa shape index (κ3) is 3.14. The summed E-state index contributed by atoms with van der Waals surface area (Å²) in [4.78, 5) is 15.7. The fourth-order valence-corrected chi connectivity index (χ4v) is 4.09. The summed E-state index contributed by atoms with van der Waals surface area (Å²) in [5.41, 5.74) is 4.61. The van der Waals surface area contributed by atoms with Crippen LogP contribution in [0.3, 0.4) is 0 Å². The molecule has 0 spiro atoms. The van der Waals surface area contributed by atoms with Crippen molar-refractivity contribution in [3.05, 3.63) is 57.6 Å². The van der Waals surface area contributed by atoms with Crippen molar-refractivity contribution in [1.82, 2.24) is 0 Å². The molecule has 2 aliphatic rings. The van der Waals surface area contributed by atoms with E-state index in [1.165, 1.54) is 0 Å². The molecule has 4 rings (SSSR count). The zero-order valence-corrected chi connectivity index (χ0v) is 15.0. The van der Waals surface area contributed by atoms with Crippen LogP contribution in [0.4, 0.5) is 22.7 Å². The maximum absolute atomic E-state index is 11.6. The Morgan fingerprint density at radius 3 is 2.67 bits per heavy atom. The van der Waals surface area contributed by atoms with Crippen molar-refractivity contribution in [1.29, 1.82) is 5.26 Å². The predicted molar refractivity (Wildman–Crippen MR) is 105 cm³/mol. The molecular weight excluding hydrogens is 342 g/mol. The maximum atomic E-state index is 11.6. The van der Waals surface area contributed by atoms with Crippen molar-refractivity contribution in [3.63, 3.8) is 0 Å². The number of nitro benzene ring substituents is 1. The Bertz CT molecular complexity index is 921. The first-order valence-corrected chi connectivity index (χ1v) is 9.22. The molecule has 0 saturated carbocycles. The zero-order chi connectivity index (χ0) is 18.8. The van der Waals surface area contributed by atoms with Crippen molar-refractivity contribution in [2.45, 2.75) is 12.8 Å². The molecule has 2 aromatic rings. The van der Waals surface area contributed by atoms with Crippen LogP contribution >= 0.6 is 0 Å². The minimum atomic E-state index is -0.276. The molecular formula is C20H21N5O2. The van der Waals surface area contributed by atoms with Crippen LogP contribution < -0.4 is 15.1 Å². The van der Waals surface area contributed by atoms with Crippen molar-refractivity contribution >= 4 is 22.7 Å². The average molecular weight is 363 g/mol. The van der Waals surface area contributed by atoms with E-state index in [9.17, 15) is 15.4 Å². The maximum Gasteiger partial charge on any atom is 0.292 e. The van der Waals surface area contributed by atoms with E-state index in [1.807, 2.05) is 30.3 Å². The molecule has 0 amide bonds. The van der Waals surface area contributed by atoms with Gasteiger partial charge in [0, 0.05) is 50.0 Å². The summed E-state index contributed by atoms with van der Waals surface area (Å²) in [6.07, 6.45) is 1.69. The Labute approximate surface area is 158 Å². The second-order valence-electron chi connectivity index (χ2n) is 6.85. The Hall–Kier alpha value is -3.27. The fourth-order valence-electron chi connectivity index (χ4n) is 4.09. The summed E-state index contributed by atoms with van der Waals surface area (Å²) in [6.45, 7) is 3.84. The lowest BCUT2D eigenvalue weighted by Gasteiger charge is -2.26. The number of hydrogen-bond acceptors (Lipinski definition) is 6. The largest absolute Gasteiger partial charge is 0.384 e. The summed E-state index contributed by atoms with van der Waals surface area (Å²) in [7, 11) is 0. The van der Waals surface area contributed by atoms with E-state index in [2.05, 4.69) is 21.2 Å². The average Bonchev–Trinajstić information content (AvgIpc) is 3.04. The summed E-state index contributed by atoms with van der Waals surface area (Å²) < 4.78 is 0. The van der Waals surface area contributed by atoms with Gasteiger partial charge in [-0.15, -0.1) is 0 Å². The van der Waals surface area contributed by atoms with E-state index in [4.69, 9.17) is 0 Å². The highest BCUT2D eigenvalue weighted by Crippen LogP contribution is 2.40. The number of fused-ring (bicyclic) bond motifs is 1. The molecule has 7 nitrogen and oxygen atoms in total. The van der Waals surface area contributed by atoms with Gasteiger partial charge in [-0.3, -0.25) is 10.1 Å². The number of hydrogen-bond donors (Lipinski definition) is 1. The standard InChI is InChI=1S/C20H21N5O2/c21-14-15-4-1-2-5-18(15)23-10-3-11-24(13-12-23)20-16-8-9-22-17(16)6-7-19(20)25(26)27/h1-2,4-7,22H,3,8-13H2. The van der Waals surface area contributed by atoms with Crippen LogP contribution in [0.15, 0.2) is 36.4 Å². The molecule has 7 heteroatoms. The molecule has 0 atom stereocenters. The van der Waals surface area contributed by atoms with E-state index in [-0.39, 0.29) is 10.6 Å². The molecule has 0 aliphatic carbocycles. The van der Waals surface area contributed by atoms with Crippen molar-refractivity contribution < 1.29 is 4.92 Å². The van der Waals surface area contributed by atoms with Gasteiger partial charge in [-0.1, -0.05) is 12.1 Å². The number of para-hydroxylation sites is 1. The normalized spacial score (nSPS) is 16.3. The van der Waals surface area contributed by atoms with Gasteiger partial charge < -0.3 is 15.1 Å². The first-order valence-electron chi connectivity index (χ1n) is 9.22. The number of nitrogens with one attached hydrogen (secondary N) is 1. The van der Waals surface area contributed by atoms with Crippen molar-refractivity contribution in [2.75, 3.05) is 47.8 Å². The summed E-state index contributed by atoms with van der Waals surface area (Å²) in [5, 5.41) is 24.3. The molecule has 0 bridgehead atoms. The highest BCUT2D eigenvalue weighted by atomic mass is 16.6. The lowest BCUT2D eigenvalue weighted by molar-refractivity contribution is -0.384. The molecule has 0 radical (unpaired) electrons. The lowest BCUT2D eigenvalue weighted by Crippen LogP contribution is -2.31. The van der Waals surface area contributed by atoms with Gasteiger partial charge in [0.2, 0.25) is 0 Å². The molecule has 138 valence electrons. The molecule has 2 heterocycles. The number of rotatable bonds is 3. The molecule has 0 unspecified atom stereocenters. The van der Waals surface area contributed by atoms with Crippen LogP contribution in [0, 0.1) is 21.4 Å². The Balaban J connectivity index is 1.64. The minimum Gasteiger partial charge on any atom is -0.384 e. The van der Waals surface area contributed by atoms with Gasteiger partial charge in [-0.25, -0.2) is 0 Å². The second-order valence-corrected chi connectivity index (χ2v) is 6.85. The Morgan fingerprint density at radius 2 is 1.85 bits per heavy atom. The van der Waals surface area contributed by atoms with Gasteiger partial charge in [0.15, 0.2) is 0 Å². The lowest BCUT2D eigenvalue weighted by atomic mass is 10.1. The van der Waals surface area contributed by atoms with E-state index >= 15 is 0 Å². The summed E-state index contributed by atoms with van der Waals surface area (Å²) in [6, 6.07) is 13.3. The number of benzene rings is 2. The molecule has 27 heavy (non-hydrogen) atoms. The summed E-state index contributed by atoms with van der Waals surface area (Å²) in [5.74, 6) is 0. The first kappa shape index (κ1) is 17.2. The van der Waals surface area contributed by atoms with Gasteiger partial charge >= 0.3 is 0 Å². The van der Waals surface area contributed by atoms with Gasteiger partial charge in [-0.05, 0) is 31.0 Å². The fraction of sp³-hybridized carbons (Fsp3) is 0.350. The van der Waals surface area contributed by atoms with Crippen LogP contribution in [0.25, 0.3) is 0 Å². The molecule has 1 N–H and O–H groups in total. The molecule has 2 aromatic carbocycles. The quantitative estimate of drug-likeness (QED) is 0.666. The van der Waals surface area contributed by atoms with E-state index in [0.717, 1.165) is 61.6 Å². The van der Waals surface area contributed by atoms with E-state index in [1.54, 1.807) is 6.07 Å². The Kier molecular flexibility index (Phi) is 4.55. The SMILES string of the molecule is N#Cc1ccccc1N1CCCN(c2c([N+](=O)[O-])ccc3c2CCN3)CC1. The molecule has 0 aromatic heterocycles. The van der Waals surface area contributed by atoms with Crippen LogP contribution in [0.1, 0.15) is 17.5 Å². The van der Waals surface area contributed by atoms with E-state index < -0.39 is 0 Å². The zero-order valence-electron chi connectivity index (χ0n) is 15.0. The monoisotopic (exact) mass is 363 g/mol. The third-order valence-corrected chi connectivity index (χ3v) is 5.33. The highest BCUT2D eigenvalue weighted by Gasteiger charge is 2.29. The van der Waals surface area contributed by atoms with Crippen LogP contribution in [0.5, 0.6) is 0 Å². The van der Waals surface area contributed by atoms with E-state index in [0.29, 0.717) is 12.1 Å².